The molecule has 0 radical (unpaired) electrons. The van der Waals surface area contributed by atoms with Gasteiger partial charge in [0.25, 0.3) is 5.91 Å². The Balaban J connectivity index is 1.40. The van der Waals surface area contributed by atoms with Crippen molar-refractivity contribution >= 4 is 5.91 Å². The summed E-state index contributed by atoms with van der Waals surface area (Å²) in [5.74, 6) is 1.17. The number of rotatable bonds is 7. The molecule has 1 saturated heterocycles. The van der Waals surface area contributed by atoms with E-state index in [9.17, 15) is 4.79 Å². The average molecular weight is 322 g/mol. The van der Waals surface area contributed by atoms with Gasteiger partial charge in [0.1, 0.15) is 6.10 Å². The van der Waals surface area contributed by atoms with Gasteiger partial charge in [-0.3, -0.25) is 4.79 Å². The number of amides is 1. The van der Waals surface area contributed by atoms with E-state index in [4.69, 9.17) is 4.74 Å². The molecule has 1 atom stereocenters. The van der Waals surface area contributed by atoms with Gasteiger partial charge in [-0.2, -0.15) is 0 Å². The largest absolute Gasteiger partial charge is 0.365 e. The molecule has 1 N–H and O–H groups in total. The second kappa shape index (κ2) is 8.48. The molecule has 0 aromatic rings. The van der Waals surface area contributed by atoms with Crippen LogP contribution in [0, 0.1) is 5.92 Å². The summed E-state index contributed by atoms with van der Waals surface area (Å²) in [6.45, 7) is 5.05. The van der Waals surface area contributed by atoms with Crippen molar-refractivity contribution in [2.45, 2.75) is 89.4 Å². The average Bonchev–Trinajstić information content (AvgIpc) is 3.43. The van der Waals surface area contributed by atoms with E-state index in [1.807, 2.05) is 4.90 Å². The minimum atomic E-state index is -0.214. The van der Waals surface area contributed by atoms with Crippen LogP contribution in [0.1, 0.15) is 71.1 Å². The van der Waals surface area contributed by atoms with Crippen molar-refractivity contribution in [3.63, 3.8) is 0 Å². The molecular formula is C19H34N2O2. The lowest BCUT2D eigenvalue weighted by Gasteiger charge is -2.35. The third-order valence-corrected chi connectivity index (χ3v) is 5.75. The summed E-state index contributed by atoms with van der Waals surface area (Å²) < 4.78 is 6.16. The molecule has 23 heavy (non-hydrogen) atoms. The molecule has 3 aliphatic rings. The molecule has 4 nitrogen and oxygen atoms in total. The van der Waals surface area contributed by atoms with E-state index in [-0.39, 0.29) is 12.0 Å². The van der Waals surface area contributed by atoms with Gasteiger partial charge < -0.3 is 15.0 Å². The second-order valence-electron chi connectivity index (χ2n) is 7.74. The summed E-state index contributed by atoms with van der Waals surface area (Å²) in [7, 11) is 0. The molecule has 1 amide bonds. The van der Waals surface area contributed by atoms with Crippen molar-refractivity contribution in [2.24, 2.45) is 5.92 Å². The first-order chi connectivity index (χ1) is 11.3. The summed E-state index contributed by atoms with van der Waals surface area (Å²) in [5.41, 5.74) is 0. The molecule has 4 heteroatoms. The predicted molar refractivity (Wildman–Crippen MR) is 92.4 cm³/mol. The topological polar surface area (TPSA) is 41.6 Å². The van der Waals surface area contributed by atoms with E-state index < -0.39 is 0 Å². The number of hydrogen-bond acceptors (Lipinski definition) is 3. The number of likely N-dealkylation sites (tertiary alicyclic amines) is 1. The van der Waals surface area contributed by atoms with Crippen molar-refractivity contribution in [3.05, 3.63) is 0 Å². The zero-order valence-corrected chi connectivity index (χ0v) is 14.8. The van der Waals surface area contributed by atoms with Crippen LogP contribution in [0.2, 0.25) is 0 Å². The van der Waals surface area contributed by atoms with Crippen molar-refractivity contribution in [3.8, 4) is 0 Å². The summed E-state index contributed by atoms with van der Waals surface area (Å²) in [5, 5.41) is 3.68. The first-order valence-electron chi connectivity index (χ1n) is 9.94. The molecule has 3 rings (SSSR count). The van der Waals surface area contributed by atoms with E-state index in [1.54, 1.807) is 0 Å². The van der Waals surface area contributed by atoms with Gasteiger partial charge in [-0.25, -0.2) is 0 Å². The predicted octanol–water partition coefficient (Wildman–Crippen LogP) is 3.10. The Labute approximate surface area is 141 Å². The van der Waals surface area contributed by atoms with Gasteiger partial charge in [0.2, 0.25) is 0 Å². The van der Waals surface area contributed by atoms with Crippen molar-refractivity contribution in [1.82, 2.24) is 10.2 Å². The standard InChI is InChI=1S/C19H34N2O2/c1-2-18(23-17-6-4-3-5-7-17)19(22)21-12-10-16(11-13-21)20-14-15-8-9-15/h15-18,20H,2-14H2,1H3. The fourth-order valence-electron chi connectivity index (χ4n) is 3.93. The Bertz CT molecular complexity index is 370. The molecular weight excluding hydrogens is 288 g/mol. The van der Waals surface area contributed by atoms with E-state index >= 15 is 0 Å². The van der Waals surface area contributed by atoms with Gasteiger partial charge in [0.05, 0.1) is 6.10 Å². The van der Waals surface area contributed by atoms with Gasteiger partial charge >= 0.3 is 0 Å². The SMILES string of the molecule is CCC(OC1CCCCC1)C(=O)N1CCC(NCC2CC2)CC1. The Morgan fingerprint density at radius 1 is 1.09 bits per heavy atom. The van der Waals surface area contributed by atoms with Crippen molar-refractivity contribution < 1.29 is 9.53 Å². The summed E-state index contributed by atoms with van der Waals surface area (Å²) in [6, 6.07) is 0.610. The summed E-state index contributed by atoms with van der Waals surface area (Å²) >= 11 is 0. The quantitative estimate of drug-likeness (QED) is 0.783. The fourth-order valence-corrected chi connectivity index (χ4v) is 3.93. The lowest BCUT2D eigenvalue weighted by atomic mass is 9.97. The van der Waals surface area contributed by atoms with E-state index in [1.165, 1.54) is 38.6 Å². The first-order valence-corrected chi connectivity index (χ1v) is 9.94. The first kappa shape index (κ1) is 17.2. The smallest absolute Gasteiger partial charge is 0.251 e. The molecule has 3 fully saturated rings. The van der Waals surface area contributed by atoms with Gasteiger partial charge in [-0.15, -0.1) is 0 Å². The molecule has 1 unspecified atom stereocenters. The molecule has 2 aliphatic carbocycles. The second-order valence-corrected chi connectivity index (χ2v) is 7.74. The molecule has 2 saturated carbocycles. The molecule has 0 aromatic heterocycles. The van der Waals surface area contributed by atoms with Gasteiger partial charge in [0, 0.05) is 19.1 Å². The summed E-state index contributed by atoms with van der Waals surface area (Å²) in [4.78, 5) is 14.8. The fraction of sp³-hybridized carbons (Fsp3) is 0.947. The monoisotopic (exact) mass is 322 g/mol. The summed E-state index contributed by atoms with van der Waals surface area (Å²) in [6.07, 6.45) is 12.0. The highest BCUT2D eigenvalue weighted by Gasteiger charge is 2.30. The Kier molecular flexibility index (Phi) is 6.35. The zero-order valence-electron chi connectivity index (χ0n) is 14.8. The lowest BCUT2D eigenvalue weighted by Crippen LogP contribution is -2.49. The van der Waals surface area contributed by atoms with Crippen LogP contribution >= 0.6 is 0 Å². The molecule has 1 heterocycles. The maximum absolute atomic E-state index is 12.8. The third-order valence-electron chi connectivity index (χ3n) is 5.75. The molecule has 0 spiro atoms. The van der Waals surface area contributed by atoms with Crippen molar-refractivity contribution in [1.29, 1.82) is 0 Å². The number of hydrogen-bond donors (Lipinski definition) is 1. The van der Waals surface area contributed by atoms with Gasteiger partial charge in [0.15, 0.2) is 0 Å². The lowest BCUT2D eigenvalue weighted by molar-refractivity contribution is -0.150. The number of carbonyl (C=O) groups excluding carboxylic acids is 1. The molecule has 0 aromatic carbocycles. The number of nitrogens with zero attached hydrogens (tertiary/aromatic N) is 1. The minimum Gasteiger partial charge on any atom is -0.365 e. The van der Waals surface area contributed by atoms with Crippen LogP contribution in [-0.2, 0) is 9.53 Å². The van der Waals surface area contributed by atoms with Crippen LogP contribution < -0.4 is 5.32 Å². The molecule has 132 valence electrons. The highest BCUT2D eigenvalue weighted by molar-refractivity contribution is 5.81. The number of nitrogens with one attached hydrogen (secondary N) is 1. The van der Waals surface area contributed by atoms with Crippen LogP contribution in [0.15, 0.2) is 0 Å². The highest BCUT2D eigenvalue weighted by Crippen LogP contribution is 2.28. The Morgan fingerprint density at radius 3 is 2.39 bits per heavy atom. The normalized spacial score (nSPS) is 25.5. The zero-order chi connectivity index (χ0) is 16.1. The Hall–Kier alpha value is -0.610. The third kappa shape index (κ3) is 5.18. The van der Waals surface area contributed by atoms with Gasteiger partial charge in [-0.05, 0) is 57.4 Å². The van der Waals surface area contributed by atoms with Gasteiger partial charge in [-0.1, -0.05) is 26.2 Å². The van der Waals surface area contributed by atoms with E-state index in [0.29, 0.717) is 12.1 Å². The molecule has 1 aliphatic heterocycles. The van der Waals surface area contributed by atoms with Crippen LogP contribution in [-0.4, -0.2) is 48.7 Å². The van der Waals surface area contributed by atoms with Crippen LogP contribution in [0.3, 0.4) is 0 Å². The van der Waals surface area contributed by atoms with Crippen molar-refractivity contribution in [2.75, 3.05) is 19.6 Å². The maximum Gasteiger partial charge on any atom is 0.251 e. The Morgan fingerprint density at radius 2 is 1.78 bits per heavy atom. The van der Waals surface area contributed by atoms with E-state index in [2.05, 4.69) is 12.2 Å². The number of carbonyl (C=O) groups is 1. The number of ether oxygens (including phenoxy) is 1. The van der Waals surface area contributed by atoms with Crippen LogP contribution in [0.25, 0.3) is 0 Å². The highest BCUT2D eigenvalue weighted by atomic mass is 16.5. The maximum atomic E-state index is 12.8. The minimum absolute atomic E-state index is 0.214. The van der Waals surface area contributed by atoms with Crippen LogP contribution in [0.4, 0.5) is 0 Å². The van der Waals surface area contributed by atoms with E-state index in [0.717, 1.165) is 51.1 Å². The molecule has 0 bridgehead atoms. The van der Waals surface area contributed by atoms with Crippen LogP contribution in [0.5, 0.6) is 0 Å². The number of piperidine rings is 1.